The third kappa shape index (κ3) is 2.51. The Morgan fingerprint density at radius 2 is 1.45 bits per heavy atom. The lowest BCUT2D eigenvalue weighted by Gasteiger charge is -2.36. The van der Waals surface area contributed by atoms with Crippen LogP contribution in [0, 0.1) is 10.8 Å². The lowest BCUT2D eigenvalue weighted by atomic mass is 9.66. The minimum atomic E-state index is -1.52. The van der Waals surface area contributed by atoms with Crippen molar-refractivity contribution < 1.29 is 0 Å². The van der Waals surface area contributed by atoms with Crippen LogP contribution in [0.1, 0.15) is 33.3 Å². The average Bonchev–Trinajstić information content (AvgIpc) is 2.48. The molecule has 2 rings (SSSR count). The van der Waals surface area contributed by atoms with E-state index in [4.69, 9.17) is 9.65 Å². The largest absolute Gasteiger partial charge is 0.309 e. The zero-order chi connectivity index (χ0) is 15.2. The first kappa shape index (κ1) is 15.2. The zero-order valence-electron chi connectivity index (χ0n) is 13.8. The van der Waals surface area contributed by atoms with Crippen molar-refractivity contribution >= 4 is 19.8 Å². The molecule has 0 N–H and O–H groups in total. The van der Waals surface area contributed by atoms with Crippen molar-refractivity contribution in [2.45, 2.75) is 47.3 Å². The fraction of sp³-hybridized carbons (Fsp3) is 0.529. The van der Waals surface area contributed by atoms with Crippen LogP contribution in [0.25, 0.3) is 0 Å². The lowest BCUT2D eigenvalue weighted by molar-refractivity contribution is 0.299. The molecule has 0 unspecified atom stereocenters. The highest BCUT2D eigenvalue weighted by Crippen LogP contribution is 2.48. The highest BCUT2D eigenvalue weighted by Gasteiger charge is 2.50. The molecule has 1 aliphatic rings. The van der Waals surface area contributed by atoms with E-state index < -0.39 is 8.24 Å². The Morgan fingerprint density at radius 3 is 1.95 bits per heavy atom. The van der Waals surface area contributed by atoms with Crippen LogP contribution in [-0.2, 0) is 0 Å². The number of amidine groups is 1. The first-order valence-electron chi connectivity index (χ1n) is 7.31. The number of hydrogen-bond acceptors (Lipinski definition) is 1. The van der Waals surface area contributed by atoms with E-state index in [1.54, 1.807) is 0 Å². The van der Waals surface area contributed by atoms with Crippen LogP contribution in [0.15, 0.2) is 40.0 Å². The van der Waals surface area contributed by atoms with Crippen molar-refractivity contribution in [3.8, 4) is 0 Å². The number of aliphatic imine (C=N–C) groups is 1. The summed E-state index contributed by atoms with van der Waals surface area (Å²) in [7, 11) is -1.52. The van der Waals surface area contributed by atoms with Crippen molar-refractivity contribution in [2.24, 2.45) is 20.5 Å². The highest BCUT2D eigenvalue weighted by atomic mass is 28.3. The maximum absolute atomic E-state index is 5.00. The van der Waals surface area contributed by atoms with E-state index in [0.29, 0.717) is 0 Å². The van der Waals surface area contributed by atoms with E-state index in [9.17, 15) is 0 Å². The maximum atomic E-state index is 5.00. The van der Waals surface area contributed by atoms with E-state index >= 15 is 0 Å². The van der Waals surface area contributed by atoms with Gasteiger partial charge >= 0.3 is 0 Å². The second-order valence-electron chi connectivity index (χ2n) is 7.68. The van der Waals surface area contributed by atoms with Crippen LogP contribution >= 0.6 is 0 Å². The summed E-state index contributed by atoms with van der Waals surface area (Å²) >= 11 is 0. The van der Waals surface area contributed by atoms with E-state index in [1.807, 2.05) is 6.07 Å². The number of benzene rings is 1. The molecule has 3 heteroatoms. The molecule has 0 aromatic heterocycles. The number of rotatable bonds is 2. The summed E-state index contributed by atoms with van der Waals surface area (Å²) in [6.45, 7) is 15.9. The minimum Gasteiger partial charge on any atom is -0.309 e. The van der Waals surface area contributed by atoms with Crippen LogP contribution in [0.4, 0.5) is 0 Å². The molecule has 0 bridgehead atoms. The summed E-state index contributed by atoms with van der Waals surface area (Å²) in [6.07, 6.45) is 0. The van der Waals surface area contributed by atoms with E-state index in [1.165, 1.54) is 11.3 Å². The van der Waals surface area contributed by atoms with Crippen LogP contribution < -0.4 is 0 Å². The fourth-order valence-corrected chi connectivity index (χ4v) is 3.43. The summed E-state index contributed by atoms with van der Waals surface area (Å²) in [5.41, 5.74) is 2.34. The fourth-order valence-electron chi connectivity index (χ4n) is 2.46. The van der Waals surface area contributed by atoms with Crippen molar-refractivity contribution in [3.05, 3.63) is 35.9 Å². The Kier molecular flexibility index (Phi) is 3.53. The van der Waals surface area contributed by atoms with Gasteiger partial charge in [-0.25, -0.2) is 4.99 Å². The highest BCUT2D eigenvalue weighted by molar-refractivity contribution is 6.75. The molecular formula is C17H26N2Si. The standard InChI is InChI=1S/C17H26N2Si/c1-16(2)14(13-11-9-8-10-12-13)18-15(17(16,3)4)19-20(5,6)7/h8-12H,1-7H3/b19-15-. The van der Waals surface area contributed by atoms with E-state index in [0.717, 1.165) is 5.84 Å². The maximum Gasteiger partial charge on any atom is 0.174 e. The summed E-state index contributed by atoms with van der Waals surface area (Å²) in [5, 5.41) is 0. The van der Waals surface area contributed by atoms with Gasteiger partial charge < -0.3 is 4.66 Å². The Balaban J connectivity index is 2.58. The third-order valence-corrected chi connectivity index (χ3v) is 5.30. The Labute approximate surface area is 124 Å². The number of nitrogens with zero attached hydrogens (tertiary/aromatic N) is 2. The van der Waals surface area contributed by atoms with Gasteiger partial charge in [0.05, 0.1) is 5.71 Å². The van der Waals surface area contributed by atoms with Crippen molar-refractivity contribution in [2.75, 3.05) is 0 Å². The van der Waals surface area contributed by atoms with Crippen LogP contribution in [0.5, 0.6) is 0 Å². The Bertz CT molecular complexity index is 560. The van der Waals surface area contributed by atoms with Gasteiger partial charge in [-0.05, 0) is 25.2 Å². The second kappa shape index (κ2) is 4.66. The molecule has 108 valence electrons. The normalized spacial score (nSPS) is 22.9. The Morgan fingerprint density at radius 1 is 0.900 bits per heavy atom. The molecule has 0 fully saturated rings. The predicted octanol–water partition coefficient (Wildman–Crippen LogP) is 4.78. The summed E-state index contributed by atoms with van der Waals surface area (Å²) in [5.74, 6) is 1.03. The zero-order valence-corrected chi connectivity index (χ0v) is 14.8. The van der Waals surface area contributed by atoms with Crippen LogP contribution in [-0.4, -0.2) is 19.8 Å². The average molecular weight is 286 g/mol. The smallest absolute Gasteiger partial charge is 0.174 e. The molecule has 0 saturated carbocycles. The summed E-state index contributed by atoms with van der Waals surface area (Å²) in [6, 6.07) is 10.5. The molecule has 0 saturated heterocycles. The van der Waals surface area contributed by atoms with Crippen LogP contribution in [0.3, 0.4) is 0 Å². The van der Waals surface area contributed by atoms with Gasteiger partial charge in [0.15, 0.2) is 8.24 Å². The monoisotopic (exact) mass is 286 g/mol. The summed E-state index contributed by atoms with van der Waals surface area (Å²) < 4.78 is 5.00. The molecule has 1 aliphatic heterocycles. The summed E-state index contributed by atoms with van der Waals surface area (Å²) in [4.78, 5) is 4.95. The van der Waals surface area contributed by atoms with Gasteiger partial charge in [0.1, 0.15) is 5.84 Å². The topological polar surface area (TPSA) is 24.7 Å². The molecule has 0 atom stereocenters. The molecule has 0 aliphatic carbocycles. The molecule has 0 radical (unpaired) electrons. The first-order chi connectivity index (χ1) is 9.06. The minimum absolute atomic E-state index is 0.00711. The first-order valence-corrected chi connectivity index (χ1v) is 10.8. The quantitative estimate of drug-likeness (QED) is 0.699. The predicted molar refractivity (Wildman–Crippen MR) is 91.3 cm³/mol. The molecule has 0 spiro atoms. The molecule has 1 heterocycles. The molecule has 2 nitrogen and oxygen atoms in total. The van der Waals surface area contributed by atoms with E-state index in [-0.39, 0.29) is 10.8 Å². The van der Waals surface area contributed by atoms with Gasteiger partial charge in [-0.1, -0.05) is 58.0 Å². The lowest BCUT2D eigenvalue weighted by Crippen LogP contribution is -2.39. The molecule has 0 amide bonds. The van der Waals surface area contributed by atoms with Gasteiger partial charge in [0.25, 0.3) is 0 Å². The molecular weight excluding hydrogens is 260 g/mol. The SMILES string of the molecule is CC1(C)C(c2ccccc2)=N/C(=N\[Si](C)(C)C)C1(C)C. The van der Waals surface area contributed by atoms with Gasteiger partial charge in [-0.3, -0.25) is 0 Å². The van der Waals surface area contributed by atoms with Crippen molar-refractivity contribution in [3.63, 3.8) is 0 Å². The third-order valence-electron chi connectivity index (χ3n) is 4.42. The van der Waals surface area contributed by atoms with Gasteiger partial charge in [0, 0.05) is 10.8 Å². The number of hydrogen-bond donors (Lipinski definition) is 0. The van der Waals surface area contributed by atoms with Crippen molar-refractivity contribution in [1.82, 2.24) is 0 Å². The van der Waals surface area contributed by atoms with Crippen molar-refractivity contribution in [1.29, 1.82) is 0 Å². The molecule has 1 aromatic carbocycles. The second-order valence-corrected chi connectivity index (χ2v) is 12.2. The van der Waals surface area contributed by atoms with Crippen LogP contribution in [0.2, 0.25) is 19.6 Å². The van der Waals surface area contributed by atoms with Gasteiger partial charge in [0.2, 0.25) is 0 Å². The molecule has 1 aromatic rings. The van der Waals surface area contributed by atoms with Gasteiger partial charge in [-0.2, -0.15) is 0 Å². The Hall–Kier alpha value is -1.22. The molecule has 20 heavy (non-hydrogen) atoms. The van der Waals surface area contributed by atoms with E-state index in [2.05, 4.69) is 71.6 Å². The van der Waals surface area contributed by atoms with Gasteiger partial charge in [-0.15, -0.1) is 0 Å².